The topological polar surface area (TPSA) is 108 Å². The maximum absolute atomic E-state index is 11.6. The zero-order chi connectivity index (χ0) is 19.0. The molecule has 0 radical (unpaired) electrons. The number of allylic oxidation sites excluding steroid dienone is 1. The Morgan fingerprint density at radius 1 is 1.26 bits per heavy atom. The molecule has 0 atom stereocenters. The number of pyridine rings is 1. The van der Waals surface area contributed by atoms with Crippen LogP contribution in [0.1, 0.15) is 21.7 Å². The summed E-state index contributed by atoms with van der Waals surface area (Å²) in [5.74, 6) is -1.40. The molecule has 3 heterocycles. The minimum Gasteiger partial charge on any atom is -0.504 e. The molecule has 1 aromatic carbocycles. The Bertz CT molecular complexity index is 1100. The molecule has 134 valence electrons. The van der Waals surface area contributed by atoms with E-state index in [0.29, 0.717) is 27.7 Å². The Balaban J connectivity index is 1.77. The molecule has 0 aliphatic carbocycles. The second-order valence-electron chi connectivity index (χ2n) is 5.70. The van der Waals surface area contributed by atoms with Crippen LogP contribution in [0.25, 0.3) is 11.6 Å². The number of aliphatic imine (C=N–C) groups is 1. The average molecular weight is 382 g/mol. The first-order valence-electron chi connectivity index (χ1n) is 7.85. The number of para-hydroxylation sites is 1. The largest absolute Gasteiger partial charge is 0.504 e. The van der Waals surface area contributed by atoms with Crippen LogP contribution in [-0.4, -0.2) is 27.4 Å². The number of nitrogens with one attached hydrogen (secondary N) is 1. The van der Waals surface area contributed by atoms with Gasteiger partial charge in [-0.25, -0.2) is 14.8 Å². The summed E-state index contributed by atoms with van der Waals surface area (Å²) in [5.41, 5.74) is 1.52. The van der Waals surface area contributed by atoms with E-state index in [1.807, 2.05) is 6.07 Å². The number of nitrogens with zero attached hydrogens (tertiary/aromatic N) is 2. The SMILES string of the molecule is O=C(O)c1c(Nc2ccccc2)oc(C=C2C=Nc3ncc(Cl)cc32)c1O. The van der Waals surface area contributed by atoms with Crippen molar-refractivity contribution in [1.29, 1.82) is 0 Å². The first kappa shape index (κ1) is 16.9. The second kappa shape index (κ2) is 6.62. The summed E-state index contributed by atoms with van der Waals surface area (Å²) < 4.78 is 5.58. The van der Waals surface area contributed by atoms with E-state index < -0.39 is 11.7 Å². The molecule has 2 aromatic heterocycles. The molecule has 27 heavy (non-hydrogen) atoms. The predicted octanol–water partition coefficient (Wildman–Crippen LogP) is 4.73. The van der Waals surface area contributed by atoms with Gasteiger partial charge in [0.1, 0.15) is 0 Å². The highest BCUT2D eigenvalue weighted by molar-refractivity contribution is 6.31. The molecular formula is C19H12ClN3O4. The zero-order valence-corrected chi connectivity index (χ0v) is 14.4. The summed E-state index contributed by atoms with van der Waals surface area (Å²) in [6.07, 6.45) is 4.52. The van der Waals surface area contributed by atoms with Crippen molar-refractivity contribution in [3.63, 3.8) is 0 Å². The van der Waals surface area contributed by atoms with E-state index in [9.17, 15) is 15.0 Å². The fourth-order valence-corrected chi connectivity index (χ4v) is 2.84. The van der Waals surface area contributed by atoms with Crippen LogP contribution in [-0.2, 0) is 0 Å². The molecule has 7 nitrogen and oxygen atoms in total. The monoisotopic (exact) mass is 381 g/mol. The number of aromatic hydroxyl groups is 1. The van der Waals surface area contributed by atoms with Crippen LogP contribution in [0.4, 0.5) is 17.4 Å². The van der Waals surface area contributed by atoms with Crippen LogP contribution in [0.5, 0.6) is 5.75 Å². The van der Waals surface area contributed by atoms with Gasteiger partial charge in [0.25, 0.3) is 0 Å². The van der Waals surface area contributed by atoms with Gasteiger partial charge in [0, 0.05) is 29.2 Å². The summed E-state index contributed by atoms with van der Waals surface area (Å²) in [4.78, 5) is 19.9. The standard InChI is InChI=1S/C19H12ClN3O4/c20-11-7-13-10(8-21-17(13)22-9-11)6-14-16(24)15(19(25)26)18(27-14)23-12-4-2-1-3-5-12/h1-9,23-24H,(H,25,26). The van der Waals surface area contributed by atoms with Crippen molar-refractivity contribution < 1.29 is 19.4 Å². The number of furan rings is 1. The highest BCUT2D eigenvalue weighted by atomic mass is 35.5. The van der Waals surface area contributed by atoms with Crippen LogP contribution >= 0.6 is 11.6 Å². The number of carboxylic acid groups (broad SMARTS) is 1. The lowest BCUT2D eigenvalue weighted by Gasteiger charge is -2.03. The third kappa shape index (κ3) is 3.16. The van der Waals surface area contributed by atoms with Gasteiger partial charge >= 0.3 is 5.97 Å². The molecule has 8 heteroatoms. The third-order valence-corrected chi connectivity index (χ3v) is 4.12. The van der Waals surface area contributed by atoms with Crippen LogP contribution in [0, 0.1) is 0 Å². The fraction of sp³-hybridized carbons (Fsp3) is 0. The quantitative estimate of drug-likeness (QED) is 0.602. The molecule has 4 rings (SSSR count). The molecule has 0 spiro atoms. The number of aromatic carboxylic acids is 1. The van der Waals surface area contributed by atoms with Gasteiger partial charge < -0.3 is 19.9 Å². The van der Waals surface area contributed by atoms with Crippen LogP contribution in [0.2, 0.25) is 5.02 Å². The minimum atomic E-state index is -1.32. The van der Waals surface area contributed by atoms with Crippen molar-refractivity contribution in [1.82, 2.24) is 4.98 Å². The Hall–Kier alpha value is -3.58. The average Bonchev–Trinajstić information content (AvgIpc) is 3.17. The molecule has 0 amide bonds. The van der Waals surface area contributed by atoms with Crippen LogP contribution in [0.15, 0.2) is 52.0 Å². The second-order valence-corrected chi connectivity index (χ2v) is 6.13. The third-order valence-electron chi connectivity index (χ3n) is 3.91. The van der Waals surface area contributed by atoms with Gasteiger partial charge in [0.05, 0.1) is 5.02 Å². The highest BCUT2D eigenvalue weighted by Crippen LogP contribution is 2.39. The summed E-state index contributed by atoms with van der Waals surface area (Å²) in [7, 11) is 0. The van der Waals surface area contributed by atoms with Crippen LogP contribution in [0.3, 0.4) is 0 Å². The summed E-state index contributed by atoms with van der Waals surface area (Å²) >= 11 is 5.98. The number of carbonyl (C=O) groups is 1. The number of benzene rings is 1. The maximum Gasteiger partial charge on any atom is 0.345 e. The maximum atomic E-state index is 11.6. The molecule has 1 aliphatic heterocycles. The van der Waals surface area contributed by atoms with Crippen molar-refractivity contribution in [2.75, 3.05) is 5.32 Å². The van der Waals surface area contributed by atoms with Gasteiger partial charge in [-0.05, 0) is 24.3 Å². The van der Waals surface area contributed by atoms with Gasteiger partial charge in [-0.3, -0.25) is 0 Å². The summed E-state index contributed by atoms with van der Waals surface area (Å²) in [5, 5.41) is 23.1. The lowest BCUT2D eigenvalue weighted by atomic mass is 10.1. The lowest BCUT2D eigenvalue weighted by molar-refractivity contribution is 0.0695. The number of hydrogen-bond donors (Lipinski definition) is 3. The first-order valence-corrected chi connectivity index (χ1v) is 8.23. The molecule has 0 fully saturated rings. The smallest absolute Gasteiger partial charge is 0.345 e. The molecule has 0 saturated carbocycles. The molecule has 3 aromatic rings. The van der Waals surface area contributed by atoms with E-state index in [1.165, 1.54) is 12.3 Å². The Morgan fingerprint density at radius 2 is 2.04 bits per heavy atom. The lowest BCUT2D eigenvalue weighted by Crippen LogP contribution is -1.99. The van der Waals surface area contributed by atoms with E-state index in [0.717, 1.165) is 0 Å². The van der Waals surface area contributed by atoms with E-state index in [2.05, 4.69) is 15.3 Å². The highest BCUT2D eigenvalue weighted by Gasteiger charge is 2.26. The molecule has 0 saturated heterocycles. The number of rotatable bonds is 4. The van der Waals surface area contributed by atoms with E-state index in [-0.39, 0.29) is 17.2 Å². The number of fused-ring (bicyclic) bond motifs is 1. The molecule has 0 unspecified atom stereocenters. The van der Waals surface area contributed by atoms with Gasteiger partial charge in [0.15, 0.2) is 22.9 Å². The van der Waals surface area contributed by atoms with Gasteiger partial charge in [-0.2, -0.15) is 0 Å². The molecular weight excluding hydrogens is 370 g/mol. The van der Waals surface area contributed by atoms with Gasteiger partial charge in [-0.15, -0.1) is 0 Å². The number of aromatic nitrogens is 1. The predicted molar refractivity (Wildman–Crippen MR) is 102 cm³/mol. The Morgan fingerprint density at radius 3 is 2.78 bits per heavy atom. The first-order chi connectivity index (χ1) is 13.0. The molecule has 0 bridgehead atoms. The Labute approximate surface area is 158 Å². The summed E-state index contributed by atoms with van der Waals surface area (Å²) in [6.45, 7) is 0. The molecule has 1 aliphatic rings. The van der Waals surface area contributed by atoms with Gasteiger partial charge in [0.2, 0.25) is 5.88 Å². The van der Waals surface area contributed by atoms with E-state index >= 15 is 0 Å². The van der Waals surface area contributed by atoms with E-state index in [4.69, 9.17) is 16.0 Å². The number of hydrogen-bond acceptors (Lipinski definition) is 6. The minimum absolute atomic E-state index is 0.0138. The molecule has 3 N–H and O–H groups in total. The number of carboxylic acids is 1. The number of halogens is 1. The van der Waals surface area contributed by atoms with Crippen LogP contribution < -0.4 is 5.32 Å². The van der Waals surface area contributed by atoms with E-state index in [1.54, 1.807) is 36.5 Å². The number of anilines is 2. The van der Waals surface area contributed by atoms with Gasteiger partial charge in [-0.1, -0.05) is 29.8 Å². The normalized spacial score (nSPS) is 13.7. The van der Waals surface area contributed by atoms with Crippen molar-refractivity contribution in [2.45, 2.75) is 0 Å². The van der Waals surface area contributed by atoms with Crippen molar-refractivity contribution >= 4 is 52.8 Å². The van der Waals surface area contributed by atoms with Crippen molar-refractivity contribution in [3.8, 4) is 5.75 Å². The van der Waals surface area contributed by atoms with Crippen molar-refractivity contribution in [2.24, 2.45) is 4.99 Å². The van der Waals surface area contributed by atoms with Crippen molar-refractivity contribution in [3.05, 3.63) is 64.5 Å². The zero-order valence-electron chi connectivity index (χ0n) is 13.7. The fourth-order valence-electron chi connectivity index (χ4n) is 2.68. The summed E-state index contributed by atoms with van der Waals surface area (Å²) in [6, 6.07) is 10.6. The Kier molecular flexibility index (Phi) is 4.13.